The zero-order valence-electron chi connectivity index (χ0n) is 12.1. The number of hydrogen-bond acceptors (Lipinski definition) is 4. The molecular weight excluding hydrogens is 256 g/mol. The first-order valence-corrected chi connectivity index (χ1v) is 6.42. The number of benzene rings is 1. The Kier molecular flexibility index (Phi) is 5.97. The van der Waals surface area contributed by atoms with Crippen LogP contribution in [0.3, 0.4) is 0 Å². The second-order valence-electron chi connectivity index (χ2n) is 4.50. The van der Waals surface area contributed by atoms with E-state index in [1.165, 1.54) is 14.2 Å². The van der Waals surface area contributed by atoms with Crippen molar-refractivity contribution in [3.05, 3.63) is 48.0 Å². The number of ether oxygens (including phenoxy) is 2. The number of allylic oxidation sites excluding steroid dienone is 2. The zero-order chi connectivity index (χ0) is 15.0. The highest BCUT2D eigenvalue weighted by Crippen LogP contribution is 2.31. The van der Waals surface area contributed by atoms with Gasteiger partial charge in [-0.3, -0.25) is 9.59 Å². The number of carbonyl (C=O) groups excluding carboxylic acids is 2. The van der Waals surface area contributed by atoms with Crippen molar-refractivity contribution in [2.24, 2.45) is 5.41 Å². The molecule has 0 unspecified atom stereocenters. The Balaban J connectivity index is 3.21. The van der Waals surface area contributed by atoms with Gasteiger partial charge in [-0.15, -0.1) is 0 Å². The Morgan fingerprint density at radius 2 is 1.65 bits per heavy atom. The Hall–Kier alpha value is -2.10. The summed E-state index contributed by atoms with van der Waals surface area (Å²) in [5, 5.41) is 0. The molecule has 0 aliphatic rings. The van der Waals surface area contributed by atoms with Crippen LogP contribution in [0.25, 0.3) is 0 Å². The van der Waals surface area contributed by atoms with Crippen molar-refractivity contribution in [1.82, 2.24) is 0 Å². The van der Waals surface area contributed by atoms with Gasteiger partial charge >= 0.3 is 11.9 Å². The molecule has 4 heteroatoms. The summed E-state index contributed by atoms with van der Waals surface area (Å²) < 4.78 is 9.67. The third-order valence-corrected chi connectivity index (χ3v) is 3.20. The van der Waals surface area contributed by atoms with Crippen LogP contribution in [0.4, 0.5) is 0 Å². The average molecular weight is 276 g/mol. The van der Waals surface area contributed by atoms with Crippen LogP contribution in [0.15, 0.2) is 42.5 Å². The quantitative estimate of drug-likeness (QED) is 0.455. The smallest absolute Gasteiger partial charge is 0.323 e. The highest BCUT2D eigenvalue weighted by atomic mass is 16.5. The second-order valence-corrected chi connectivity index (χ2v) is 4.50. The van der Waals surface area contributed by atoms with E-state index < -0.39 is 17.4 Å². The molecule has 20 heavy (non-hydrogen) atoms. The van der Waals surface area contributed by atoms with Crippen LogP contribution in [0.1, 0.15) is 18.9 Å². The minimum Gasteiger partial charge on any atom is -0.468 e. The van der Waals surface area contributed by atoms with Gasteiger partial charge in [0.2, 0.25) is 0 Å². The third kappa shape index (κ3) is 3.47. The lowest BCUT2D eigenvalue weighted by Gasteiger charge is -2.27. The first-order chi connectivity index (χ1) is 9.60. The van der Waals surface area contributed by atoms with Gasteiger partial charge in [0.05, 0.1) is 14.2 Å². The van der Waals surface area contributed by atoms with Crippen molar-refractivity contribution in [3.63, 3.8) is 0 Å². The predicted octanol–water partition coefficient (Wildman–Crippen LogP) is 2.53. The molecule has 0 atom stereocenters. The summed E-state index contributed by atoms with van der Waals surface area (Å²) in [6.07, 6.45) is 4.07. The van der Waals surface area contributed by atoms with Crippen molar-refractivity contribution in [2.75, 3.05) is 14.2 Å². The van der Waals surface area contributed by atoms with E-state index in [4.69, 9.17) is 9.47 Å². The van der Waals surface area contributed by atoms with E-state index in [2.05, 4.69) is 0 Å². The van der Waals surface area contributed by atoms with Crippen LogP contribution >= 0.6 is 0 Å². The average Bonchev–Trinajstić information content (AvgIpc) is 2.50. The highest BCUT2D eigenvalue weighted by molar-refractivity contribution is 6.00. The SMILES string of the molecule is C/C=C/CC(Cc1ccccc1)(C(=O)OC)C(=O)OC. The lowest BCUT2D eigenvalue weighted by molar-refractivity contribution is -0.168. The van der Waals surface area contributed by atoms with E-state index in [9.17, 15) is 9.59 Å². The molecule has 4 nitrogen and oxygen atoms in total. The van der Waals surface area contributed by atoms with Crippen molar-refractivity contribution >= 4 is 11.9 Å². The van der Waals surface area contributed by atoms with Crippen LogP contribution in [-0.4, -0.2) is 26.2 Å². The van der Waals surface area contributed by atoms with Gasteiger partial charge in [0, 0.05) is 0 Å². The molecule has 1 aromatic carbocycles. The summed E-state index contributed by atoms with van der Waals surface area (Å²) in [5.41, 5.74) is -0.454. The summed E-state index contributed by atoms with van der Waals surface area (Å²) in [6.45, 7) is 1.84. The molecule has 0 heterocycles. The Morgan fingerprint density at radius 3 is 2.10 bits per heavy atom. The van der Waals surface area contributed by atoms with Gasteiger partial charge in [-0.25, -0.2) is 0 Å². The number of methoxy groups -OCH3 is 2. The molecule has 1 aromatic rings. The molecule has 0 aromatic heterocycles. The Labute approximate surface area is 119 Å². The molecule has 108 valence electrons. The molecule has 0 fully saturated rings. The van der Waals surface area contributed by atoms with E-state index in [1.54, 1.807) is 12.2 Å². The summed E-state index contributed by atoms with van der Waals surface area (Å²) in [7, 11) is 2.56. The van der Waals surface area contributed by atoms with Gasteiger partial charge < -0.3 is 9.47 Å². The molecule has 0 amide bonds. The van der Waals surface area contributed by atoms with E-state index in [-0.39, 0.29) is 12.8 Å². The fraction of sp³-hybridized carbons (Fsp3) is 0.375. The fourth-order valence-corrected chi connectivity index (χ4v) is 2.12. The molecule has 0 aliphatic carbocycles. The van der Waals surface area contributed by atoms with E-state index in [0.29, 0.717) is 0 Å². The summed E-state index contributed by atoms with van der Waals surface area (Å²) in [4.78, 5) is 24.4. The number of rotatable bonds is 6. The maximum Gasteiger partial charge on any atom is 0.323 e. The molecular formula is C16H20O4. The third-order valence-electron chi connectivity index (χ3n) is 3.20. The minimum absolute atomic E-state index is 0.248. The predicted molar refractivity (Wildman–Crippen MR) is 76.0 cm³/mol. The van der Waals surface area contributed by atoms with Gasteiger partial charge in [-0.2, -0.15) is 0 Å². The molecule has 0 aliphatic heterocycles. The molecule has 0 saturated carbocycles. The topological polar surface area (TPSA) is 52.6 Å². The summed E-state index contributed by atoms with van der Waals surface area (Å²) in [6, 6.07) is 9.36. The van der Waals surface area contributed by atoms with Crippen LogP contribution < -0.4 is 0 Å². The van der Waals surface area contributed by atoms with Crippen molar-refractivity contribution in [3.8, 4) is 0 Å². The first kappa shape index (κ1) is 16.0. The van der Waals surface area contributed by atoms with E-state index >= 15 is 0 Å². The molecule has 1 rings (SSSR count). The van der Waals surface area contributed by atoms with Crippen molar-refractivity contribution in [1.29, 1.82) is 0 Å². The van der Waals surface area contributed by atoms with Crippen LogP contribution in [0.5, 0.6) is 0 Å². The van der Waals surface area contributed by atoms with E-state index in [0.717, 1.165) is 5.56 Å². The maximum atomic E-state index is 12.2. The van der Waals surface area contributed by atoms with Gasteiger partial charge in [-0.05, 0) is 25.3 Å². The summed E-state index contributed by atoms with van der Waals surface area (Å²) >= 11 is 0. The van der Waals surface area contributed by atoms with Crippen molar-refractivity contribution in [2.45, 2.75) is 19.8 Å². The molecule has 0 bridgehead atoms. The molecule has 0 saturated heterocycles. The number of esters is 2. The van der Waals surface area contributed by atoms with Gasteiger partial charge in [0.15, 0.2) is 5.41 Å². The largest absolute Gasteiger partial charge is 0.468 e. The lowest BCUT2D eigenvalue weighted by atomic mass is 9.78. The standard InChI is InChI=1S/C16H20O4/c1-4-5-11-16(14(17)19-2,15(18)20-3)12-13-9-7-6-8-10-13/h4-10H,11-12H2,1-3H3/b5-4+. The number of carbonyl (C=O) groups is 2. The molecule has 0 N–H and O–H groups in total. The monoisotopic (exact) mass is 276 g/mol. The zero-order valence-corrected chi connectivity index (χ0v) is 12.1. The highest BCUT2D eigenvalue weighted by Gasteiger charge is 2.47. The normalized spacial score (nSPS) is 11.3. The lowest BCUT2D eigenvalue weighted by Crippen LogP contribution is -2.42. The van der Waals surface area contributed by atoms with Crippen LogP contribution in [0, 0.1) is 5.41 Å². The fourth-order valence-electron chi connectivity index (χ4n) is 2.12. The van der Waals surface area contributed by atoms with Gasteiger partial charge in [0.25, 0.3) is 0 Å². The summed E-state index contributed by atoms with van der Waals surface area (Å²) in [5.74, 6) is -1.15. The van der Waals surface area contributed by atoms with Gasteiger partial charge in [-0.1, -0.05) is 42.5 Å². The van der Waals surface area contributed by atoms with Crippen LogP contribution in [0.2, 0.25) is 0 Å². The maximum absolute atomic E-state index is 12.2. The molecule has 0 radical (unpaired) electrons. The Morgan fingerprint density at radius 1 is 1.10 bits per heavy atom. The Bertz CT molecular complexity index is 461. The first-order valence-electron chi connectivity index (χ1n) is 6.42. The minimum atomic E-state index is -1.34. The second kappa shape index (κ2) is 7.48. The van der Waals surface area contributed by atoms with Crippen molar-refractivity contribution < 1.29 is 19.1 Å². The van der Waals surface area contributed by atoms with Gasteiger partial charge in [0.1, 0.15) is 0 Å². The van der Waals surface area contributed by atoms with E-state index in [1.807, 2.05) is 37.3 Å². The molecule has 0 spiro atoms. The number of hydrogen-bond donors (Lipinski definition) is 0. The van der Waals surface area contributed by atoms with Crippen LogP contribution in [-0.2, 0) is 25.5 Å².